The molecule has 0 bridgehead atoms. The lowest BCUT2D eigenvalue weighted by molar-refractivity contribution is -0.383. The summed E-state index contributed by atoms with van der Waals surface area (Å²) in [5.74, 6) is -0.244. The second kappa shape index (κ2) is 9.03. The molecule has 0 unspecified atom stereocenters. The number of para-hydroxylation sites is 1. The van der Waals surface area contributed by atoms with Crippen molar-refractivity contribution in [3.63, 3.8) is 0 Å². The molecule has 1 fully saturated rings. The molecule has 1 amide bonds. The lowest BCUT2D eigenvalue weighted by Crippen LogP contribution is -2.47. The monoisotopic (exact) mass is 402 g/mol. The molecule has 0 aromatic heterocycles. The maximum Gasteiger partial charge on any atom is 0.294 e. The first-order valence-corrected chi connectivity index (χ1v) is 9.58. The third kappa shape index (κ3) is 4.99. The third-order valence-electron chi connectivity index (χ3n) is 4.91. The maximum atomic E-state index is 12.2. The van der Waals surface area contributed by atoms with Crippen LogP contribution < -0.4 is 10.2 Å². The van der Waals surface area contributed by atoms with Crippen LogP contribution in [-0.4, -0.2) is 48.5 Å². The van der Waals surface area contributed by atoms with Crippen LogP contribution >= 0.6 is 11.6 Å². The predicted molar refractivity (Wildman–Crippen MR) is 111 cm³/mol. The molecule has 1 saturated heterocycles. The molecular formula is C20H23ClN4O3. The summed E-state index contributed by atoms with van der Waals surface area (Å²) in [6.45, 7) is 6.31. The van der Waals surface area contributed by atoms with Crippen LogP contribution in [-0.2, 0) is 4.79 Å². The second-order valence-corrected chi connectivity index (χ2v) is 7.27. The summed E-state index contributed by atoms with van der Waals surface area (Å²) in [6, 6.07) is 12.6. The highest BCUT2D eigenvalue weighted by Crippen LogP contribution is 2.28. The van der Waals surface area contributed by atoms with Crippen molar-refractivity contribution in [2.75, 3.05) is 42.9 Å². The molecule has 1 N–H and O–H groups in total. The van der Waals surface area contributed by atoms with Crippen LogP contribution in [0.3, 0.4) is 0 Å². The number of hydrogen-bond donors (Lipinski definition) is 1. The smallest absolute Gasteiger partial charge is 0.294 e. The van der Waals surface area contributed by atoms with Gasteiger partial charge in [-0.15, -0.1) is 0 Å². The highest BCUT2D eigenvalue weighted by Gasteiger charge is 2.20. The van der Waals surface area contributed by atoms with Crippen LogP contribution in [0.4, 0.5) is 17.1 Å². The van der Waals surface area contributed by atoms with E-state index in [1.54, 1.807) is 0 Å². The number of anilines is 2. The minimum atomic E-state index is -0.549. The Kier molecular flexibility index (Phi) is 6.49. The molecule has 0 atom stereocenters. The van der Waals surface area contributed by atoms with Crippen LogP contribution in [0.25, 0.3) is 0 Å². The summed E-state index contributed by atoms with van der Waals surface area (Å²) in [7, 11) is 0. The van der Waals surface area contributed by atoms with Gasteiger partial charge in [-0.2, -0.15) is 0 Å². The number of rotatable bonds is 6. The number of carbonyl (C=O) groups excluding carboxylic acids is 1. The number of nitrogens with one attached hydrogen (secondary N) is 1. The van der Waals surface area contributed by atoms with Gasteiger partial charge in [-0.3, -0.25) is 19.8 Å². The van der Waals surface area contributed by atoms with Gasteiger partial charge in [0.1, 0.15) is 5.69 Å². The Morgan fingerprint density at radius 2 is 1.89 bits per heavy atom. The zero-order valence-electron chi connectivity index (χ0n) is 15.7. The summed E-state index contributed by atoms with van der Waals surface area (Å²) in [5, 5.41) is 14.0. The Morgan fingerprint density at radius 3 is 2.57 bits per heavy atom. The molecule has 0 aliphatic carbocycles. The summed E-state index contributed by atoms with van der Waals surface area (Å²) in [6.07, 6.45) is 0.282. The van der Waals surface area contributed by atoms with Crippen molar-refractivity contribution in [1.29, 1.82) is 0 Å². The number of piperazine rings is 1. The van der Waals surface area contributed by atoms with E-state index in [0.717, 1.165) is 26.2 Å². The summed E-state index contributed by atoms with van der Waals surface area (Å²) < 4.78 is 0. The average molecular weight is 403 g/mol. The number of benzene rings is 2. The Bertz CT molecular complexity index is 866. The fourth-order valence-corrected chi connectivity index (χ4v) is 3.53. The zero-order chi connectivity index (χ0) is 20.1. The molecule has 28 heavy (non-hydrogen) atoms. The number of aryl methyl sites for hydroxylation is 1. The topological polar surface area (TPSA) is 78.7 Å². The van der Waals surface area contributed by atoms with Crippen LogP contribution in [0.15, 0.2) is 42.5 Å². The van der Waals surface area contributed by atoms with E-state index < -0.39 is 4.92 Å². The molecular weight excluding hydrogens is 380 g/mol. The first-order chi connectivity index (χ1) is 13.4. The lowest BCUT2D eigenvalue weighted by atomic mass is 10.1. The molecule has 1 aliphatic heterocycles. The van der Waals surface area contributed by atoms with Crippen molar-refractivity contribution in [2.24, 2.45) is 0 Å². The van der Waals surface area contributed by atoms with Gasteiger partial charge >= 0.3 is 0 Å². The first-order valence-electron chi connectivity index (χ1n) is 9.21. The number of amides is 1. The van der Waals surface area contributed by atoms with E-state index in [1.165, 1.54) is 29.4 Å². The Balaban J connectivity index is 1.49. The van der Waals surface area contributed by atoms with Crippen molar-refractivity contribution in [1.82, 2.24) is 4.90 Å². The molecule has 148 valence electrons. The minimum absolute atomic E-state index is 0.170. The van der Waals surface area contributed by atoms with Crippen molar-refractivity contribution < 1.29 is 9.72 Å². The highest BCUT2D eigenvalue weighted by atomic mass is 35.5. The van der Waals surface area contributed by atoms with Gasteiger partial charge in [-0.05, 0) is 30.7 Å². The van der Waals surface area contributed by atoms with E-state index in [-0.39, 0.29) is 28.7 Å². The number of hydrogen-bond acceptors (Lipinski definition) is 5. The number of nitro benzene ring substituents is 1. The molecule has 1 heterocycles. The predicted octanol–water partition coefficient (Wildman–Crippen LogP) is 3.71. The van der Waals surface area contributed by atoms with Crippen molar-refractivity contribution >= 4 is 34.6 Å². The van der Waals surface area contributed by atoms with Gasteiger partial charge in [0.25, 0.3) is 5.69 Å². The maximum absolute atomic E-state index is 12.2. The third-order valence-corrected chi connectivity index (χ3v) is 5.15. The molecule has 0 radical (unpaired) electrons. The summed E-state index contributed by atoms with van der Waals surface area (Å²) in [5.41, 5.74) is 2.49. The van der Waals surface area contributed by atoms with Crippen LogP contribution in [0, 0.1) is 17.0 Å². The average Bonchev–Trinajstić information content (AvgIpc) is 2.68. The van der Waals surface area contributed by atoms with Gasteiger partial charge in [0.2, 0.25) is 5.91 Å². The van der Waals surface area contributed by atoms with E-state index in [4.69, 9.17) is 11.6 Å². The Labute approximate surface area is 169 Å². The molecule has 2 aromatic carbocycles. The van der Waals surface area contributed by atoms with Gasteiger partial charge in [0.05, 0.1) is 4.92 Å². The van der Waals surface area contributed by atoms with Crippen LogP contribution in [0.2, 0.25) is 5.02 Å². The van der Waals surface area contributed by atoms with Crippen molar-refractivity contribution in [2.45, 2.75) is 13.3 Å². The second-order valence-electron chi connectivity index (χ2n) is 6.83. The van der Waals surface area contributed by atoms with Crippen LogP contribution in [0.5, 0.6) is 0 Å². The Morgan fingerprint density at radius 1 is 1.18 bits per heavy atom. The molecule has 0 saturated carbocycles. The number of halogens is 1. The van der Waals surface area contributed by atoms with E-state index in [0.29, 0.717) is 6.54 Å². The summed E-state index contributed by atoms with van der Waals surface area (Å²) in [4.78, 5) is 27.4. The lowest BCUT2D eigenvalue weighted by Gasteiger charge is -2.36. The normalized spacial score (nSPS) is 14.7. The van der Waals surface area contributed by atoms with E-state index >= 15 is 0 Å². The molecule has 2 aromatic rings. The van der Waals surface area contributed by atoms with Gasteiger partial charge < -0.3 is 10.2 Å². The number of carbonyl (C=O) groups is 1. The number of nitrogens with zero attached hydrogens (tertiary/aromatic N) is 3. The zero-order valence-corrected chi connectivity index (χ0v) is 16.5. The molecule has 0 spiro atoms. The van der Waals surface area contributed by atoms with E-state index in [9.17, 15) is 14.9 Å². The highest BCUT2D eigenvalue weighted by molar-refractivity contribution is 6.31. The standard InChI is InChI=1S/C20H23ClN4O3/c1-15-4-2-3-5-18(15)24-12-10-23(11-13-24)9-8-20(26)22-17-7-6-16(21)14-19(17)25(27)28/h2-7,14H,8-13H2,1H3,(H,22,26). The van der Waals surface area contributed by atoms with Gasteiger partial charge in [0, 0.05) is 55.9 Å². The summed E-state index contributed by atoms with van der Waals surface area (Å²) >= 11 is 5.80. The Hall–Kier alpha value is -2.64. The largest absolute Gasteiger partial charge is 0.369 e. The van der Waals surface area contributed by atoms with Gasteiger partial charge in [-0.1, -0.05) is 29.8 Å². The van der Waals surface area contributed by atoms with Gasteiger partial charge in [-0.25, -0.2) is 0 Å². The van der Waals surface area contributed by atoms with E-state index in [1.807, 2.05) is 6.07 Å². The van der Waals surface area contributed by atoms with Crippen molar-refractivity contribution in [3.05, 3.63) is 63.2 Å². The van der Waals surface area contributed by atoms with Crippen LogP contribution in [0.1, 0.15) is 12.0 Å². The number of nitro groups is 1. The SMILES string of the molecule is Cc1ccccc1N1CCN(CCC(=O)Nc2ccc(Cl)cc2[N+](=O)[O-])CC1. The molecule has 8 heteroatoms. The molecule has 1 aliphatic rings. The van der Waals surface area contributed by atoms with Crippen molar-refractivity contribution in [3.8, 4) is 0 Å². The molecule has 3 rings (SSSR count). The molecule has 7 nitrogen and oxygen atoms in total. The fourth-order valence-electron chi connectivity index (χ4n) is 3.36. The van der Waals surface area contributed by atoms with E-state index in [2.05, 4.69) is 40.2 Å². The minimum Gasteiger partial charge on any atom is -0.369 e. The fraction of sp³-hybridized carbons (Fsp3) is 0.350. The van der Waals surface area contributed by atoms with Gasteiger partial charge in [0.15, 0.2) is 0 Å². The quantitative estimate of drug-likeness (QED) is 0.588. The first kappa shape index (κ1) is 20.1.